The lowest BCUT2D eigenvalue weighted by Gasteiger charge is -2.10. The summed E-state index contributed by atoms with van der Waals surface area (Å²) in [6.45, 7) is 2.40. The van der Waals surface area contributed by atoms with Crippen molar-refractivity contribution in [3.05, 3.63) is 65.2 Å². The van der Waals surface area contributed by atoms with E-state index in [1.165, 1.54) is 0 Å². The number of nitrogen functional groups attached to an aromatic ring is 1. The number of nitrogens with two attached hydrogens (primary N) is 1. The average molecular weight is 327 g/mol. The Hall–Kier alpha value is -2.82. The first kappa shape index (κ1) is 17.5. The van der Waals surface area contributed by atoms with Crippen molar-refractivity contribution in [2.45, 2.75) is 26.4 Å². The first-order valence-electron chi connectivity index (χ1n) is 7.89. The van der Waals surface area contributed by atoms with Gasteiger partial charge in [0.15, 0.2) is 0 Å². The fourth-order valence-corrected chi connectivity index (χ4v) is 2.12. The van der Waals surface area contributed by atoms with Gasteiger partial charge in [-0.2, -0.15) is 0 Å². The maximum Gasteiger partial charge on any atom is 0.338 e. The third kappa shape index (κ3) is 4.84. The molecule has 2 rings (SSSR count). The van der Waals surface area contributed by atoms with E-state index in [2.05, 4.69) is 0 Å². The van der Waals surface area contributed by atoms with Crippen LogP contribution in [-0.2, 0) is 16.1 Å². The summed E-state index contributed by atoms with van der Waals surface area (Å²) < 4.78 is 10.5. The van der Waals surface area contributed by atoms with E-state index in [1.807, 2.05) is 6.92 Å². The Bertz CT molecular complexity index is 712. The van der Waals surface area contributed by atoms with Gasteiger partial charge in [0.2, 0.25) is 0 Å². The van der Waals surface area contributed by atoms with Gasteiger partial charge >= 0.3 is 11.9 Å². The van der Waals surface area contributed by atoms with E-state index in [-0.39, 0.29) is 6.61 Å². The maximum absolute atomic E-state index is 12.1. The van der Waals surface area contributed by atoms with Crippen LogP contribution < -0.4 is 5.73 Å². The molecule has 0 aliphatic carbocycles. The topological polar surface area (TPSA) is 78.6 Å². The van der Waals surface area contributed by atoms with E-state index in [0.717, 1.165) is 12.8 Å². The van der Waals surface area contributed by atoms with E-state index < -0.39 is 11.9 Å². The van der Waals surface area contributed by atoms with E-state index in [9.17, 15) is 9.59 Å². The second-order valence-corrected chi connectivity index (χ2v) is 5.35. The van der Waals surface area contributed by atoms with Gasteiger partial charge in [-0.25, -0.2) is 9.59 Å². The Morgan fingerprint density at radius 3 is 2.54 bits per heavy atom. The van der Waals surface area contributed by atoms with Crippen molar-refractivity contribution in [3.63, 3.8) is 0 Å². The molecule has 0 aliphatic heterocycles. The minimum absolute atomic E-state index is 0.00726. The van der Waals surface area contributed by atoms with Crippen molar-refractivity contribution in [1.29, 1.82) is 0 Å². The maximum atomic E-state index is 12.1. The van der Waals surface area contributed by atoms with Crippen molar-refractivity contribution in [3.8, 4) is 0 Å². The summed E-state index contributed by atoms with van der Waals surface area (Å²) in [7, 11) is 0. The van der Waals surface area contributed by atoms with Crippen molar-refractivity contribution >= 4 is 17.6 Å². The molecule has 0 saturated carbocycles. The summed E-state index contributed by atoms with van der Waals surface area (Å²) in [5.74, 6) is -0.893. The minimum atomic E-state index is -0.489. The molecule has 0 fully saturated rings. The number of carbonyl (C=O) groups is 2. The van der Waals surface area contributed by atoms with Gasteiger partial charge in [0.25, 0.3) is 0 Å². The molecule has 0 bridgehead atoms. The SMILES string of the molecule is CCCCOC(=O)c1ccccc1COC(=O)c1cccc(N)c1. The van der Waals surface area contributed by atoms with E-state index in [4.69, 9.17) is 15.2 Å². The highest BCUT2D eigenvalue weighted by Gasteiger charge is 2.14. The molecular formula is C19H21NO4. The van der Waals surface area contributed by atoms with Gasteiger partial charge in [0.05, 0.1) is 17.7 Å². The third-order valence-electron chi connectivity index (χ3n) is 3.45. The first-order valence-corrected chi connectivity index (χ1v) is 7.89. The number of hydrogen-bond acceptors (Lipinski definition) is 5. The van der Waals surface area contributed by atoms with Gasteiger partial charge in [-0.3, -0.25) is 0 Å². The number of unbranched alkanes of at least 4 members (excludes halogenated alkanes) is 1. The van der Waals surface area contributed by atoms with Gasteiger partial charge < -0.3 is 15.2 Å². The molecule has 0 amide bonds. The Morgan fingerprint density at radius 2 is 1.79 bits per heavy atom. The lowest BCUT2D eigenvalue weighted by atomic mass is 10.1. The van der Waals surface area contributed by atoms with E-state index in [0.29, 0.717) is 29.0 Å². The van der Waals surface area contributed by atoms with Crippen LogP contribution in [-0.4, -0.2) is 18.5 Å². The lowest BCUT2D eigenvalue weighted by Crippen LogP contribution is -2.12. The van der Waals surface area contributed by atoms with Crippen molar-refractivity contribution < 1.29 is 19.1 Å². The number of benzene rings is 2. The summed E-state index contributed by atoms with van der Waals surface area (Å²) in [6, 6.07) is 13.5. The highest BCUT2D eigenvalue weighted by Crippen LogP contribution is 2.14. The Balaban J connectivity index is 2.02. The molecule has 5 heteroatoms. The summed E-state index contributed by atoms with van der Waals surface area (Å²) in [4.78, 5) is 24.2. The van der Waals surface area contributed by atoms with Crippen LogP contribution in [0.5, 0.6) is 0 Å². The second-order valence-electron chi connectivity index (χ2n) is 5.35. The second kappa shape index (κ2) is 8.72. The Morgan fingerprint density at radius 1 is 1.00 bits per heavy atom. The van der Waals surface area contributed by atoms with Gasteiger partial charge in [0.1, 0.15) is 6.61 Å². The van der Waals surface area contributed by atoms with Gasteiger partial charge in [0, 0.05) is 11.3 Å². The predicted molar refractivity (Wildman–Crippen MR) is 91.6 cm³/mol. The van der Waals surface area contributed by atoms with Gasteiger partial charge in [-0.15, -0.1) is 0 Å². The minimum Gasteiger partial charge on any atom is -0.462 e. The van der Waals surface area contributed by atoms with Crippen LogP contribution in [0.3, 0.4) is 0 Å². The number of ether oxygens (including phenoxy) is 2. The molecule has 0 atom stereocenters. The molecule has 2 N–H and O–H groups in total. The molecule has 0 radical (unpaired) electrons. The highest BCUT2D eigenvalue weighted by atomic mass is 16.5. The Kier molecular flexibility index (Phi) is 6.37. The van der Waals surface area contributed by atoms with E-state index >= 15 is 0 Å². The zero-order valence-corrected chi connectivity index (χ0v) is 13.7. The zero-order valence-electron chi connectivity index (χ0n) is 13.7. The van der Waals surface area contributed by atoms with Gasteiger partial charge in [-0.1, -0.05) is 37.6 Å². The van der Waals surface area contributed by atoms with Crippen LogP contribution in [0.15, 0.2) is 48.5 Å². The summed E-state index contributed by atoms with van der Waals surface area (Å²) in [6.07, 6.45) is 1.77. The van der Waals surface area contributed by atoms with Gasteiger partial charge in [-0.05, 0) is 30.7 Å². The standard InChI is InChI=1S/C19H21NO4/c1-2-3-11-23-19(22)17-10-5-4-7-15(17)13-24-18(21)14-8-6-9-16(20)12-14/h4-10,12H,2-3,11,13,20H2,1H3. The summed E-state index contributed by atoms with van der Waals surface area (Å²) >= 11 is 0. The quantitative estimate of drug-likeness (QED) is 0.478. The van der Waals surface area contributed by atoms with Crippen LogP contribution in [0.1, 0.15) is 46.0 Å². The van der Waals surface area contributed by atoms with Crippen molar-refractivity contribution in [2.75, 3.05) is 12.3 Å². The van der Waals surface area contributed by atoms with Crippen LogP contribution in [0.2, 0.25) is 0 Å². The fraction of sp³-hybridized carbons (Fsp3) is 0.263. The van der Waals surface area contributed by atoms with Crippen LogP contribution in [0, 0.1) is 0 Å². The number of hydrogen-bond donors (Lipinski definition) is 1. The molecule has 0 saturated heterocycles. The number of carbonyl (C=O) groups excluding carboxylic acids is 2. The number of esters is 2. The van der Waals surface area contributed by atoms with Crippen LogP contribution >= 0.6 is 0 Å². The average Bonchev–Trinajstić information content (AvgIpc) is 2.60. The van der Waals surface area contributed by atoms with Crippen LogP contribution in [0.25, 0.3) is 0 Å². The predicted octanol–water partition coefficient (Wildman–Crippen LogP) is 3.58. The van der Waals surface area contributed by atoms with Crippen molar-refractivity contribution in [1.82, 2.24) is 0 Å². The molecule has 126 valence electrons. The summed E-state index contributed by atoms with van der Waals surface area (Å²) in [5.41, 5.74) is 7.54. The van der Waals surface area contributed by atoms with Crippen LogP contribution in [0.4, 0.5) is 5.69 Å². The number of anilines is 1. The number of rotatable bonds is 7. The molecule has 2 aromatic carbocycles. The molecule has 24 heavy (non-hydrogen) atoms. The lowest BCUT2D eigenvalue weighted by molar-refractivity contribution is 0.0442. The fourth-order valence-electron chi connectivity index (χ4n) is 2.12. The molecular weight excluding hydrogens is 306 g/mol. The normalized spacial score (nSPS) is 10.2. The summed E-state index contributed by atoms with van der Waals surface area (Å²) in [5, 5.41) is 0. The molecule has 0 unspecified atom stereocenters. The zero-order chi connectivity index (χ0) is 17.4. The third-order valence-corrected chi connectivity index (χ3v) is 3.45. The molecule has 0 aromatic heterocycles. The molecule has 2 aromatic rings. The smallest absolute Gasteiger partial charge is 0.338 e. The first-order chi connectivity index (χ1) is 11.6. The van der Waals surface area contributed by atoms with E-state index in [1.54, 1.807) is 48.5 Å². The van der Waals surface area contributed by atoms with Crippen molar-refractivity contribution in [2.24, 2.45) is 0 Å². The molecule has 0 heterocycles. The highest BCUT2D eigenvalue weighted by molar-refractivity contribution is 5.92. The monoisotopic (exact) mass is 327 g/mol. The molecule has 5 nitrogen and oxygen atoms in total. The Labute approximate surface area is 141 Å². The molecule has 0 spiro atoms. The largest absolute Gasteiger partial charge is 0.462 e. The molecule has 0 aliphatic rings.